The highest BCUT2D eigenvalue weighted by Crippen LogP contribution is 2.22. The molecule has 0 bridgehead atoms. The Morgan fingerprint density at radius 3 is 2.45 bits per heavy atom. The fraction of sp³-hybridized carbons (Fsp3) is 0.455. The number of aryl methyl sites for hydroxylation is 3. The van der Waals surface area contributed by atoms with E-state index in [0.717, 1.165) is 0 Å². The van der Waals surface area contributed by atoms with E-state index in [1.165, 1.54) is 9.36 Å². The Labute approximate surface area is 117 Å². The summed E-state index contributed by atoms with van der Waals surface area (Å²) in [6, 6.07) is 0. The molecule has 0 saturated carbocycles. The van der Waals surface area contributed by atoms with Crippen molar-refractivity contribution in [2.75, 3.05) is 4.72 Å². The van der Waals surface area contributed by atoms with Gasteiger partial charge in [0.2, 0.25) is 0 Å². The highest BCUT2D eigenvalue weighted by atomic mass is 32.2. The number of hydrogen-bond donors (Lipinski definition) is 2. The van der Waals surface area contributed by atoms with E-state index >= 15 is 0 Å². The van der Waals surface area contributed by atoms with Crippen molar-refractivity contribution in [1.29, 1.82) is 0 Å². The molecule has 0 amide bonds. The van der Waals surface area contributed by atoms with Crippen molar-refractivity contribution >= 4 is 15.8 Å². The third kappa shape index (κ3) is 2.41. The molecule has 0 aliphatic heterocycles. The summed E-state index contributed by atoms with van der Waals surface area (Å²) >= 11 is 0. The third-order valence-corrected chi connectivity index (χ3v) is 4.66. The van der Waals surface area contributed by atoms with E-state index in [-0.39, 0.29) is 17.3 Å². The molecule has 0 atom stereocenters. The second-order valence-electron chi connectivity index (χ2n) is 4.61. The van der Waals surface area contributed by atoms with Gasteiger partial charge in [0.15, 0.2) is 5.82 Å². The summed E-state index contributed by atoms with van der Waals surface area (Å²) in [7, 11) is -0.330. The summed E-state index contributed by atoms with van der Waals surface area (Å²) in [5.41, 5.74) is 7.23. The summed E-state index contributed by atoms with van der Waals surface area (Å²) in [5, 5.41) is 8.19. The Kier molecular flexibility index (Phi) is 3.57. The molecule has 0 spiro atoms. The number of nitrogens with one attached hydrogen (secondary N) is 1. The molecule has 0 aliphatic carbocycles. The largest absolute Gasteiger partial charge is 0.326 e. The SMILES string of the molecule is Cc1nn(C)c(C)c1S(=O)(=O)Nc1nn(C)cc1CN. The normalized spacial score (nSPS) is 11.8. The van der Waals surface area contributed by atoms with Crippen LogP contribution in [0.2, 0.25) is 0 Å². The number of anilines is 1. The third-order valence-electron chi connectivity index (χ3n) is 3.07. The number of aromatic nitrogens is 4. The van der Waals surface area contributed by atoms with Crippen LogP contribution in [0.15, 0.2) is 11.1 Å². The van der Waals surface area contributed by atoms with Gasteiger partial charge in [-0.15, -0.1) is 0 Å². The van der Waals surface area contributed by atoms with Crippen molar-refractivity contribution in [2.45, 2.75) is 25.3 Å². The minimum absolute atomic E-state index is 0.175. The molecular formula is C11H18N6O2S. The Balaban J connectivity index is 2.46. The molecule has 8 nitrogen and oxygen atoms in total. The lowest BCUT2D eigenvalue weighted by Gasteiger charge is -2.07. The Morgan fingerprint density at radius 1 is 1.30 bits per heavy atom. The molecule has 2 aromatic rings. The molecule has 0 aliphatic rings. The standard InChI is InChI=1S/C11H18N6O2S/c1-7-10(8(2)17(4)13-7)20(18,19)15-11-9(5-12)6-16(3)14-11/h6H,5,12H2,1-4H3,(H,14,15). The fourth-order valence-corrected chi connectivity index (χ4v) is 3.57. The van der Waals surface area contributed by atoms with Gasteiger partial charge < -0.3 is 5.73 Å². The lowest BCUT2D eigenvalue weighted by Crippen LogP contribution is -2.16. The van der Waals surface area contributed by atoms with E-state index in [1.54, 1.807) is 34.1 Å². The zero-order chi connectivity index (χ0) is 15.1. The van der Waals surface area contributed by atoms with Gasteiger partial charge in [-0.05, 0) is 13.8 Å². The van der Waals surface area contributed by atoms with Crippen LogP contribution in [0.4, 0.5) is 5.82 Å². The average Bonchev–Trinajstić information content (AvgIpc) is 2.79. The highest BCUT2D eigenvalue weighted by Gasteiger charge is 2.25. The molecule has 2 heterocycles. The van der Waals surface area contributed by atoms with E-state index in [1.807, 2.05) is 0 Å². The molecule has 2 aromatic heterocycles. The molecule has 2 rings (SSSR count). The number of nitrogens with zero attached hydrogens (tertiary/aromatic N) is 4. The van der Waals surface area contributed by atoms with Crippen LogP contribution < -0.4 is 10.5 Å². The predicted molar refractivity (Wildman–Crippen MR) is 74.6 cm³/mol. The number of rotatable bonds is 4. The van der Waals surface area contributed by atoms with Crippen LogP contribution >= 0.6 is 0 Å². The van der Waals surface area contributed by atoms with Gasteiger partial charge in [0.05, 0.1) is 11.4 Å². The van der Waals surface area contributed by atoms with Crippen LogP contribution in [0.5, 0.6) is 0 Å². The van der Waals surface area contributed by atoms with Crippen molar-refractivity contribution in [3.63, 3.8) is 0 Å². The Morgan fingerprint density at radius 2 is 1.95 bits per heavy atom. The van der Waals surface area contributed by atoms with Crippen LogP contribution in [-0.2, 0) is 30.7 Å². The molecular weight excluding hydrogens is 280 g/mol. The van der Waals surface area contributed by atoms with Gasteiger partial charge in [-0.1, -0.05) is 0 Å². The molecule has 110 valence electrons. The first kappa shape index (κ1) is 14.5. The molecule has 3 N–H and O–H groups in total. The van der Waals surface area contributed by atoms with E-state index < -0.39 is 10.0 Å². The summed E-state index contributed by atoms with van der Waals surface area (Å²) in [6.45, 7) is 3.57. The van der Waals surface area contributed by atoms with E-state index in [2.05, 4.69) is 14.9 Å². The van der Waals surface area contributed by atoms with Crippen LogP contribution in [0.1, 0.15) is 17.0 Å². The van der Waals surface area contributed by atoms with Crippen molar-refractivity contribution < 1.29 is 8.42 Å². The fourth-order valence-electron chi connectivity index (χ4n) is 2.09. The predicted octanol–water partition coefficient (Wildman–Crippen LogP) is 0.0299. The van der Waals surface area contributed by atoms with E-state index in [4.69, 9.17) is 5.73 Å². The Hall–Kier alpha value is -1.87. The summed E-state index contributed by atoms with van der Waals surface area (Å²) in [4.78, 5) is 0.175. The first-order chi connectivity index (χ1) is 9.26. The van der Waals surface area contributed by atoms with E-state index in [0.29, 0.717) is 17.0 Å². The van der Waals surface area contributed by atoms with Crippen molar-refractivity contribution in [1.82, 2.24) is 19.6 Å². The van der Waals surface area contributed by atoms with Crippen LogP contribution in [0, 0.1) is 13.8 Å². The van der Waals surface area contributed by atoms with Gasteiger partial charge in [0.1, 0.15) is 4.90 Å². The number of nitrogens with two attached hydrogens (primary N) is 1. The maximum absolute atomic E-state index is 12.5. The first-order valence-corrected chi connectivity index (χ1v) is 7.50. The van der Waals surface area contributed by atoms with Gasteiger partial charge in [0, 0.05) is 32.4 Å². The van der Waals surface area contributed by atoms with Crippen molar-refractivity contribution in [3.8, 4) is 0 Å². The van der Waals surface area contributed by atoms with Gasteiger partial charge in [-0.25, -0.2) is 8.42 Å². The molecule has 0 unspecified atom stereocenters. The first-order valence-electron chi connectivity index (χ1n) is 6.02. The van der Waals surface area contributed by atoms with E-state index in [9.17, 15) is 8.42 Å². The second-order valence-corrected chi connectivity index (χ2v) is 6.23. The maximum atomic E-state index is 12.5. The van der Waals surface area contributed by atoms with Crippen LogP contribution in [0.3, 0.4) is 0 Å². The molecule has 0 fully saturated rings. The van der Waals surface area contributed by atoms with Gasteiger partial charge in [-0.3, -0.25) is 14.1 Å². The second kappa shape index (κ2) is 4.91. The van der Waals surface area contributed by atoms with Gasteiger partial charge in [-0.2, -0.15) is 10.2 Å². The van der Waals surface area contributed by atoms with Crippen LogP contribution in [-0.4, -0.2) is 28.0 Å². The number of hydrogen-bond acceptors (Lipinski definition) is 5. The summed E-state index contributed by atoms with van der Waals surface area (Å²) in [6.07, 6.45) is 1.68. The molecule has 9 heteroatoms. The summed E-state index contributed by atoms with van der Waals surface area (Å²) in [5.74, 6) is 0.248. The maximum Gasteiger partial charge on any atom is 0.266 e. The van der Waals surface area contributed by atoms with Crippen molar-refractivity contribution in [2.24, 2.45) is 19.8 Å². The average molecular weight is 298 g/mol. The quantitative estimate of drug-likeness (QED) is 0.828. The molecule has 0 aromatic carbocycles. The van der Waals surface area contributed by atoms with Crippen molar-refractivity contribution in [3.05, 3.63) is 23.1 Å². The molecule has 20 heavy (non-hydrogen) atoms. The topological polar surface area (TPSA) is 108 Å². The van der Waals surface area contributed by atoms with Gasteiger partial charge in [0.25, 0.3) is 10.0 Å². The monoisotopic (exact) mass is 298 g/mol. The summed E-state index contributed by atoms with van der Waals surface area (Å²) < 4.78 is 30.5. The zero-order valence-corrected chi connectivity index (χ0v) is 12.7. The Bertz CT molecular complexity index is 743. The lowest BCUT2D eigenvalue weighted by atomic mass is 10.3. The minimum atomic E-state index is -3.74. The zero-order valence-electron chi connectivity index (χ0n) is 11.9. The van der Waals surface area contributed by atoms with Gasteiger partial charge >= 0.3 is 0 Å². The lowest BCUT2D eigenvalue weighted by molar-refractivity contribution is 0.599. The molecule has 0 radical (unpaired) electrons. The highest BCUT2D eigenvalue weighted by molar-refractivity contribution is 7.92. The van der Waals surface area contributed by atoms with Crippen LogP contribution in [0.25, 0.3) is 0 Å². The number of sulfonamides is 1. The smallest absolute Gasteiger partial charge is 0.266 e. The molecule has 0 saturated heterocycles. The minimum Gasteiger partial charge on any atom is -0.326 e.